The minimum atomic E-state index is 0.0156. The summed E-state index contributed by atoms with van der Waals surface area (Å²) in [5.74, 6) is 1.58. The normalized spacial score (nSPS) is 17.2. The molecule has 4 heteroatoms. The van der Waals surface area contributed by atoms with Crippen molar-refractivity contribution in [1.82, 2.24) is 9.80 Å². The standard InChI is InChI=1S/C31H32N2O2/c1-22-26(25-6-3-2-4-7-25)8-5-9-27(22)31-19-29(34)28-18-24(12-13-30(28)35-31)21-33-16-14-32(15-17-33)20-23-10-11-23/h2-9,12-13,18-19,23H,10-11,14-17,20-21H2,1H3. The Hall–Kier alpha value is -3.21. The Bertz CT molecular complexity index is 1400. The van der Waals surface area contributed by atoms with Gasteiger partial charge in [-0.15, -0.1) is 0 Å². The molecular formula is C31H32N2O2. The molecule has 1 aliphatic carbocycles. The molecule has 4 nitrogen and oxygen atoms in total. The van der Waals surface area contributed by atoms with Crippen molar-refractivity contribution in [2.24, 2.45) is 5.92 Å². The van der Waals surface area contributed by atoms with Crippen LogP contribution in [-0.2, 0) is 6.54 Å². The topological polar surface area (TPSA) is 36.7 Å². The summed E-state index contributed by atoms with van der Waals surface area (Å²) in [6.07, 6.45) is 2.83. The van der Waals surface area contributed by atoms with Crippen molar-refractivity contribution in [3.8, 4) is 22.5 Å². The summed E-state index contributed by atoms with van der Waals surface area (Å²) in [5, 5.41) is 0.662. The minimum Gasteiger partial charge on any atom is -0.456 e. The molecule has 1 saturated heterocycles. The molecular weight excluding hydrogens is 432 g/mol. The van der Waals surface area contributed by atoms with E-state index in [0.29, 0.717) is 16.7 Å². The summed E-state index contributed by atoms with van der Waals surface area (Å²) in [7, 11) is 0. The second-order valence-electron chi connectivity index (χ2n) is 10.2. The van der Waals surface area contributed by atoms with Crippen LogP contribution in [0.3, 0.4) is 0 Å². The van der Waals surface area contributed by atoms with Crippen molar-refractivity contribution in [2.45, 2.75) is 26.3 Å². The largest absolute Gasteiger partial charge is 0.456 e. The zero-order chi connectivity index (χ0) is 23.8. The van der Waals surface area contributed by atoms with E-state index in [2.05, 4.69) is 41.0 Å². The Kier molecular flexibility index (Phi) is 6.01. The number of rotatable bonds is 6. The Balaban J connectivity index is 1.23. The second-order valence-corrected chi connectivity index (χ2v) is 10.2. The molecule has 0 radical (unpaired) electrons. The van der Waals surface area contributed by atoms with Crippen LogP contribution in [0.25, 0.3) is 33.4 Å². The average molecular weight is 465 g/mol. The smallest absolute Gasteiger partial charge is 0.193 e. The Morgan fingerprint density at radius 3 is 2.34 bits per heavy atom. The molecule has 0 amide bonds. The van der Waals surface area contributed by atoms with E-state index in [9.17, 15) is 4.79 Å². The summed E-state index contributed by atoms with van der Waals surface area (Å²) < 4.78 is 6.28. The summed E-state index contributed by atoms with van der Waals surface area (Å²) in [4.78, 5) is 18.3. The number of fused-ring (bicyclic) bond motifs is 1. The van der Waals surface area contributed by atoms with Crippen LogP contribution in [0.2, 0.25) is 0 Å². The first-order valence-electron chi connectivity index (χ1n) is 12.8. The van der Waals surface area contributed by atoms with Crippen LogP contribution in [0.15, 0.2) is 82.0 Å². The molecule has 2 heterocycles. The third kappa shape index (κ3) is 4.82. The first kappa shape index (κ1) is 22.3. The van der Waals surface area contributed by atoms with Gasteiger partial charge >= 0.3 is 0 Å². The van der Waals surface area contributed by atoms with Gasteiger partial charge in [0.1, 0.15) is 11.3 Å². The van der Waals surface area contributed by atoms with Gasteiger partial charge in [0.25, 0.3) is 0 Å². The molecule has 2 fully saturated rings. The van der Waals surface area contributed by atoms with Crippen molar-refractivity contribution < 1.29 is 4.42 Å². The van der Waals surface area contributed by atoms with Crippen molar-refractivity contribution in [2.75, 3.05) is 32.7 Å². The maximum atomic E-state index is 13.2. The Morgan fingerprint density at radius 2 is 1.57 bits per heavy atom. The number of piperazine rings is 1. The van der Waals surface area contributed by atoms with E-state index in [4.69, 9.17) is 4.42 Å². The maximum Gasteiger partial charge on any atom is 0.193 e. The van der Waals surface area contributed by atoms with E-state index in [1.807, 2.05) is 42.5 Å². The lowest BCUT2D eigenvalue weighted by molar-refractivity contribution is 0.123. The first-order chi connectivity index (χ1) is 17.1. The van der Waals surface area contributed by atoms with E-state index < -0.39 is 0 Å². The minimum absolute atomic E-state index is 0.0156. The Morgan fingerprint density at radius 1 is 0.829 bits per heavy atom. The molecule has 2 aliphatic rings. The van der Waals surface area contributed by atoms with E-state index in [1.54, 1.807) is 6.07 Å². The fourth-order valence-electron chi connectivity index (χ4n) is 5.32. The molecule has 3 aromatic carbocycles. The molecule has 0 unspecified atom stereocenters. The molecule has 35 heavy (non-hydrogen) atoms. The maximum absolute atomic E-state index is 13.2. The molecule has 0 atom stereocenters. The van der Waals surface area contributed by atoms with Gasteiger partial charge in [0, 0.05) is 50.9 Å². The molecule has 4 aromatic rings. The third-order valence-corrected chi connectivity index (χ3v) is 7.56. The fourth-order valence-corrected chi connectivity index (χ4v) is 5.32. The highest BCUT2D eigenvalue weighted by Gasteiger charge is 2.26. The third-order valence-electron chi connectivity index (χ3n) is 7.56. The summed E-state index contributed by atoms with van der Waals surface area (Å²) >= 11 is 0. The van der Waals surface area contributed by atoms with Crippen molar-refractivity contribution >= 4 is 11.0 Å². The van der Waals surface area contributed by atoms with Gasteiger partial charge in [-0.25, -0.2) is 0 Å². The molecule has 1 saturated carbocycles. The molecule has 1 aliphatic heterocycles. The Labute approximate surface area is 206 Å². The lowest BCUT2D eigenvalue weighted by Crippen LogP contribution is -2.46. The highest BCUT2D eigenvalue weighted by Crippen LogP contribution is 2.33. The highest BCUT2D eigenvalue weighted by atomic mass is 16.3. The van der Waals surface area contributed by atoms with Crippen LogP contribution < -0.4 is 5.43 Å². The summed E-state index contributed by atoms with van der Waals surface area (Å²) in [5.41, 5.74) is 6.22. The fraction of sp³-hybridized carbons (Fsp3) is 0.323. The van der Waals surface area contributed by atoms with Crippen molar-refractivity contribution in [3.63, 3.8) is 0 Å². The van der Waals surface area contributed by atoms with Gasteiger partial charge in [0.05, 0.1) is 5.39 Å². The van der Waals surface area contributed by atoms with Gasteiger partial charge in [0.15, 0.2) is 5.43 Å². The van der Waals surface area contributed by atoms with E-state index in [-0.39, 0.29) is 5.43 Å². The molecule has 0 bridgehead atoms. The first-order valence-corrected chi connectivity index (χ1v) is 12.8. The van der Waals surface area contributed by atoms with Gasteiger partial charge in [-0.1, -0.05) is 54.6 Å². The molecule has 0 spiro atoms. The van der Waals surface area contributed by atoms with E-state index in [0.717, 1.165) is 60.9 Å². The highest BCUT2D eigenvalue weighted by molar-refractivity contribution is 5.81. The van der Waals surface area contributed by atoms with Gasteiger partial charge in [0.2, 0.25) is 0 Å². The number of hydrogen-bond donors (Lipinski definition) is 0. The molecule has 1 aromatic heterocycles. The predicted octanol–water partition coefficient (Wildman–Crippen LogP) is 5.96. The number of hydrogen-bond acceptors (Lipinski definition) is 4. The quantitative estimate of drug-likeness (QED) is 0.353. The SMILES string of the molecule is Cc1c(-c2ccccc2)cccc1-c1cc(=O)c2cc(CN3CCN(CC4CC4)CC3)ccc2o1. The lowest BCUT2D eigenvalue weighted by atomic mass is 9.95. The summed E-state index contributed by atoms with van der Waals surface area (Å²) in [6, 6.07) is 24.3. The molecule has 0 N–H and O–H groups in total. The average Bonchev–Trinajstić information content (AvgIpc) is 3.70. The molecule has 6 rings (SSSR count). The van der Waals surface area contributed by atoms with E-state index >= 15 is 0 Å². The van der Waals surface area contributed by atoms with Crippen molar-refractivity contribution in [1.29, 1.82) is 0 Å². The van der Waals surface area contributed by atoms with Gasteiger partial charge in [-0.3, -0.25) is 9.69 Å². The van der Waals surface area contributed by atoms with Crippen molar-refractivity contribution in [3.05, 3.63) is 94.1 Å². The van der Waals surface area contributed by atoms with Crippen LogP contribution >= 0.6 is 0 Å². The van der Waals surface area contributed by atoms with Gasteiger partial charge < -0.3 is 9.32 Å². The van der Waals surface area contributed by atoms with Crippen LogP contribution in [0.1, 0.15) is 24.0 Å². The lowest BCUT2D eigenvalue weighted by Gasteiger charge is -2.34. The predicted molar refractivity (Wildman–Crippen MR) is 143 cm³/mol. The second kappa shape index (κ2) is 9.44. The van der Waals surface area contributed by atoms with Crippen LogP contribution in [0.4, 0.5) is 0 Å². The number of nitrogens with zero attached hydrogens (tertiary/aromatic N) is 2. The van der Waals surface area contributed by atoms with Crippen LogP contribution in [0.5, 0.6) is 0 Å². The monoisotopic (exact) mass is 464 g/mol. The summed E-state index contributed by atoms with van der Waals surface area (Å²) in [6.45, 7) is 8.74. The van der Waals surface area contributed by atoms with Crippen LogP contribution in [0, 0.1) is 12.8 Å². The number of benzene rings is 3. The van der Waals surface area contributed by atoms with Gasteiger partial charge in [-0.2, -0.15) is 0 Å². The van der Waals surface area contributed by atoms with Gasteiger partial charge in [-0.05, 0) is 60.1 Å². The van der Waals surface area contributed by atoms with Crippen LogP contribution in [-0.4, -0.2) is 42.5 Å². The zero-order valence-electron chi connectivity index (χ0n) is 20.4. The van der Waals surface area contributed by atoms with E-state index in [1.165, 1.54) is 24.9 Å². The zero-order valence-corrected chi connectivity index (χ0v) is 20.4. The molecule has 178 valence electrons.